The first-order chi connectivity index (χ1) is 15.2. The number of carboxylic acid groups (broad SMARTS) is 1. The van der Waals surface area contributed by atoms with E-state index in [1.165, 1.54) is 7.11 Å². The smallest absolute Gasteiger partial charge is 0.417 e. The summed E-state index contributed by atoms with van der Waals surface area (Å²) in [5.41, 5.74) is -1.27. The van der Waals surface area contributed by atoms with Gasteiger partial charge in [-0.3, -0.25) is 0 Å². The number of piperidine rings is 1. The summed E-state index contributed by atoms with van der Waals surface area (Å²) in [7, 11) is 1.53. The van der Waals surface area contributed by atoms with Gasteiger partial charge in [-0.25, -0.2) is 9.78 Å². The highest BCUT2D eigenvalue weighted by Gasteiger charge is 2.37. The van der Waals surface area contributed by atoms with Crippen molar-refractivity contribution in [1.29, 1.82) is 0 Å². The lowest BCUT2D eigenvalue weighted by molar-refractivity contribution is -0.138. The molecule has 3 rings (SSSR count). The first-order valence-electron chi connectivity index (χ1n) is 10.3. The second-order valence-corrected chi connectivity index (χ2v) is 7.42. The summed E-state index contributed by atoms with van der Waals surface area (Å²) < 4.78 is 51.7. The minimum absolute atomic E-state index is 0.0573. The first kappa shape index (κ1) is 23.6. The molecular formula is C22H26F3N3O4. The van der Waals surface area contributed by atoms with Crippen LogP contribution in [0.5, 0.6) is 11.5 Å². The first-order valence-corrected chi connectivity index (χ1v) is 10.3. The molecule has 0 radical (unpaired) electrons. The number of ether oxygens (including phenoxy) is 2. The quantitative estimate of drug-likeness (QED) is 0.626. The van der Waals surface area contributed by atoms with Gasteiger partial charge in [0, 0.05) is 18.8 Å². The Morgan fingerprint density at radius 3 is 2.56 bits per heavy atom. The van der Waals surface area contributed by atoms with E-state index in [0.29, 0.717) is 18.1 Å². The van der Waals surface area contributed by atoms with E-state index in [-0.39, 0.29) is 18.4 Å². The van der Waals surface area contributed by atoms with Crippen molar-refractivity contribution in [2.45, 2.75) is 38.5 Å². The summed E-state index contributed by atoms with van der Waals surface area (Å²) >= 11 is 0. The molecule has 2 N–H and O–H groups in total. The van der Waals surface area contributed by atoms with E-state index in [1.54, 1.807) is 17.0 Å². The predicted octanol–water partition coefficient (Wildman–Crippen LogP) is 3.96. The van der Waals surface area contributed by atoms with Crippen molar-refractivity contribution in [3.05, 3.63) is 47.2 Å². The third-order valence-corrected chi connectivity index (χ3v) is 5.35. The van der Waals surface area contributed by atoms with Crippen molar-refractivity contribution < 1.29 is 32.5 Å². The van der Waals surface area contributed by atoms with Gasteiger partial charge in [0.05, 0.1) is 24.8 Å². The van der Waals surface area contributed by atoms with Crippen LogP contribution in [0.1, 0.15) is 41.3 Å². The monoisotopic (exact) mass is 453 g/mol. The van der Waals surface area contributed by atoms with Crippen LogP contribution in [0.25, 0.3) is 0 Å². The summed E-state index contributed by atoms with van der Waals surface area (Å²) in [6.45, 7) is 4.02. The van der Waals surface area contributed by atoms with Gasteiger partial charge >= 0.3 is 12.1 Å². The van der Waals surface area contributed by atoms with Gasteiger partial charge in [0.2, 0.25) is 0 Å². The molecule has 0 atom stereocenters. The number of alkyl halides is 3. The van der Waals surface area contributed by atoms with Gasteiger partial charge in [-0.15, -0.1) is 0 Å². The van der Waals surface area contributed by atoms with Gasteiger partial charge in [0.15, 0.2) is 11.5 Å². The Morgan fingerprint density at radius 2 is 1.97 bits per heavy atom. The number of carboxylic acids is 1. The van der Waals surface area contributed by atoms with E-state index in [2.05, 4.69) is 10.3 Å². The summed E-state index contributed by atoms with van der Waals surface area (Å²) in [5.74, 6) is -0.473. The maximum absolute atomic E-state index is 13.6. The lowest BCUT2D eigenvalue weighted by Crippen LogP contribution is -2.43. The van der Waals surface area contributed by atoms with Gasteiger partial charge in [0.1, 0.15) is 5.82 Å². The van der Waals surface area contributed by atoms with Crippen molar-refractivity contribution in [1.82, 2.24) is 10.3 Å². The molecule has 1 fully saturated rings. The van der Waals surface area contributed by atoms with Crippen LogP contribution >= 0.6 is 0 Å². The minimum atomic E-state index is -4.81. The number of pyridine rings is 1. The Balaban J connectivity index is 2.02. The van der Waals surface area contributed by atoms with Crippen molar-refractivity contribution in [3.63, 3.8) is 0 Å². The topological polar surface area (TPSA) is 83.9 Å². The highest BCUT2D eigenvalue weighted by atomic mass is 19.4. The Bertz CT molecular complexity index is 947. The second-order valence-electron chi connectivity index (χ2n) is 7.42. The molecule has 0 amide bonds. The number of benzene rings is 1. The van der Waals surface area contributed by atoms with E-state index < -0.39 is 23.3 Å². The van der Waals surface area contributed by atoms with Crippen LogP contribution in [0.4, 0.5) is 19.0 Å². The number of hydrogen-bond acceptors (Lipinski definition) is 6. The number of carbonyl (C=O) groups is 1. The fourth-order valence-corrected chi connectivity index (χ4v) is 3.81. The van der Waals surface area contributed by atoms with Crippen LogP contribution < -0.4 is 19.7 Å². The van der Waals surface area contributed by atoms with Gasteiger partial charge in [-0.1, -0.05) is 6.07 Å². The van der Waals surface area contributed by atoms with Crippen LogP contribution in [0, 0.1) is 0 Å². The molecule has 174 valence electrons. The molecule has 0 aliphatic carbocycles. The Hall–Kier alpha value is -3.01. The highest BCUT2D eigenvalue weighted by molar-refractivity contribution is 5.89. The van der Waals surface area contributed by atoms with E-state index >= 15 is 0 Å². The van der Waals surface area contributed by atoms with Crippen molar-refractivity contribution in [3.8, 4) is 11.5 Å². The van der Waals surface area contributed by atoms with Gasteiger partial charge in [-0.2, -0.15) is 13.2 Å². The molecule has 0 saturated carbocycles. The molecular weight excluding hydrogens is 427 g/mol. The molecule has 1 aliphatic rings. The maximum atomic E-state index is 13.6. The molecule has 32 heavy (non-hydrogen) atoms. The molecule has 0 bridgehead atoms. The standard InChI is InChI=1S/C22H26F3N3O4/c1-3-32-19-10-14(4-5-18(19)31-2)13-28(15-6-8-26-9-7-15)20-11-17(22(23,24)25)16(12-27-20)21(29)30/h4-5,10-12,15,26H,3,6-9,13H2,1-2H3,(H,29,30). The number of nitrogens with one attached hydrogen (secondary N) is 1. The minimum Gasteiger partial charge on any atom is -0.493 e. The lowest BCUT2D eigenvalue weighted by atomic mass is 10.0. The molecule has 1 aromatic carbocycles. The molecule has 1 aromatic heterocycles. The van der Waals surface area contributed by atoms with Crippen LogP contribution in [0.15, 0.2) is 30.5 Å². The van der Waals surface area contributed by atoms with E-state index in [1.807, 2.05) is 13.0 Å². The second kappa shape index (κ2) is 10.1. The van der Waals surface area contributed by atoms with Crippen LogP contribution in [-0.2, 0) is 12.7 Å². The molecule has 1 saturated heterocycles. The highest BCUT2D eigenvalue weighted by Crippen LogP contribution is 2.36. The number of aromatic carboxylic acids is 1. The van der Waals surface area contributed by atoms with E-state index in [0.717, 1.165) is 43.8 Å². The normalized spacial score (nSPS) is 14.8. The van der Waals surface area contributed by atoms with E-state index in [4.69, 9.17) is 9.47 Å². The molecule has 2 heterocycles. The third-order valence-electron chi connectivity index (χ3n) is 5.35. The number of hydrogen-bond donors (Lipinski definition) is 2. The van der Waals surface area contributed by atoms with Gasteiger partial charge in [-0.05, 0) is 56.6 Å². The Morgan fingerprint density at radius 1 is 1.25 bits per heavy atom. The molecule has 7 nitrogen and oxygen atoms in total. The zero-order valence-corrected chi connectivity index (χ0v) is 17.9. The summed E-state index contributed by atoms with van der Waals surface area (Å²) in [5, 5.41) is 12.4. The summed E-state index contributed by atoms with van der Waals surface area (Å²) in [6.07, 6.45) is -2.59. The number of nitrogens with zero attached hydrogens (tertiary/aromatic N) is 2. The summed E-state index contributed by atoms with van der Waals surface area (Å²) in [6, 6.07) is 6.15. The molecule has 2 aromatic rings. The number of aromatic nitrogens is 1. The van der Waals surface area contributed by atoms with Gasteiger partial charge in [0.25, 0.3) is 0 Å². The Labute approximate surface area is 184 Å². The SMILES string of the molecule is CCOc1cc(CN(c2cc(C(F)(F)F)c(C(=O)O)cn2)C2CCNCC2)ccc1OC. The van der Waals surface area contributed by atoms with Crippen molar-refractivity contribution in [2.24, 2.45) is 0 Å². The number of halogens is 3. The molecule has 0 unspecified atom stereocenters. The number of methoxy groups -OCH3 is 1. The zero-order chi connectivity index (χ0) is 23.3. The van der Waals surface area contributed by atoms with Gasteiger partial charge < -0.3 is 24.8 Å². The average Bonchev–Trinajstić information content (AvgIpc) is 2.77. The maximum Gasteiger partial charge on any atom is 0.417 e. The largest absolute Gasteiger partial charge is 0.493 e. The zero-order valence-electron chi connectivity index (χ0n) is 17.9. The molecule has 0 spiro atoms. The predicted molar refractivity (Wildman–Crippen MR) is 112 cm³/mol. The van der Waals surface area contributed by atoms with Crippen LogP contribution in [0.3, 0.4) is 0 Å². The number of rotatable bonds is 8. The average molecular weight is 453 g/mol. The molecule has 1 aliphatic heterocycles. The fraction of sp³-hybridized carbons (Fsp3) is 0.455. The van der Waals surface area contributed by atoms with Crippen molar-refractivity contribution >= 4 is 11.8 Å². The fourth-order valence-electron chi connectivity index (χ4n) is 3.81. The van der Waals surface area contributed by atoms with Crippen LogP contribution in [0.2, 0.25) is 0 Å². The molecule has 10 heteroatoms. The van der Waals surface area contributed by atoms with Crippen molar-refractivity contribution in [2.75, 3.05) is 31.7 Å². The lowest BCUT2D eigenvalue weighted by Gasteiger charge is -2.36. The third kappa shape index (κ3) is 5.42. The van der Waals surface area contributed by atoms with E-state index in [9.17, 15) is 23.1 Å². The number of anilines is 1. The Kier molecular flexibility index (Phi) is 7.44. The van der Waals surface area contributed by atoms with Crippen LogP contribution in [-0.4, -0.2) is 48.9 Å². The summed E-state index contributed by atoms with van der Waals surface area (Å²) in [4.78, 5) is 17.2.